The van der Waals surface area contributed by atoms with Gasteiger partial charge in [0.25, 0.3) is 0 Å². The quantitative estimate of drug-likeness (QED) is 0.590. The van der Waals surface area contributed by atoms with Gasteiger partial charge in [-0.05, 0) is 6.07 Å². The first-order chi connectivity index (χ1) is 4.33. The molecule has 0 atom stereocenters. The molecule has 1 aromatic carbocycles. The van der Waals surface area contributed by atoms with Gasteiger partial charge in [0.15, 0.2) is 0 Å². The van der Waals surface area contributed by atoms with E-state index in [2.05, 4.69) is 6.07 Å². The standard InChI is InChI=1S/C7H4O2/c8-5-6-2-1-3-7(9)4-6/h1-3,9H. The van der Waals surface area contributed by atoms with Crippen LogP contribution in [0, 0.1) is 6.07 Å². The van der Waals surface area contributed by atoms with E-state index in [1.165, 1.54) is 12.1 Å². The molecular weight excluding hydrogens is 116 g/mol. The fourth-order valence-corrected chi connectivity index (χ4v) is 0.516. The lowest BCUT2D eigenvalue weighted by molar-refractivity contribution is 0.473. The molecule has 9 heavy (non-hydrogen) atoms. The molecule has 2 heteroatoms. The summed E-state index contributed by atoms with van der Waals surface area (Å²) >= 11 is 0. The van der Waals surface area contributed by atoms with Gasteiger partial charge in [0.1, 0.15) is 5.75 Å². The largest absolute Gasteiger partial charge is 0.507 e. The van der Waals surface area contributed by atoms with E-state index in [0.717, 1.165) is 0 Å². The second kappa shape index (κ2) is 2.31. The van der Waals surface area contributed by atoms with Gasteiger partial charge in [-0.1, -0.05) is 12.1 Å². The van der Waals surface area contributed by atoms with Crippen molar-refractivity contribution in [1.29, 1.82) is 0 Å². The zero-order valence-corrected chi connectivity index (χ0v) is 4.59. The van der Waals surface area contributed by atoms with Crippen LogP contribution in [0.4, 0.5) is 0 Å². The molecule has 1 N–H and O–H groups in total. The predicted molar refractivity (Wildman–Crippen MR) is 31.7 cm³/mol. The van der Waals surface area contributed by atoms with Crippen LogP contribution in [0.15, 0.2) is 18.2 Å². The minimum absolute atomic E-state index is 0.0316. The van der Waals surface area contributed by atoms with Gasteiger partial charge >= 0.3 is 0 Å². The number of hydrogen-bond acceptors (Lipinski definition) is 2. The van der Waals surface area contributed by atoms with Crippen LogP contribution in [0.3, 0.4) is 0 Å². The average Bonchev–Trinajstić information content (AvgIpc) is 1.88. The van der Waals surface area contributed by atoms with E-state index in [-0.39, 0.29) is 11.3 Å². The van der Waals surface area contributed by atoms with Crippen molar-refractivity contribution in [2.45, 2.75) is 0 Å². The topological polar surface area (TPSA) is 37.3 Å². The maximum Gasteiger partial charge on any atom is 0.234 e. The van der Waals surface area contributed by atoms with Crippen molar-refractivity contribution < 1.29 is 9.90 Å². The zero-order valence-electron chi connectivity index (χ0n) is 4.59. The Morgan fingerprint density at radius 1 is 1.56 bits per heavy atom. The first-order valence-corrected chi connectivity index (χ1v) is 2.42. The molecule has 0 saturated heterocycles. The smallest absolute Gasteiger partial charge is 0.234 e. The number of phenols is 1. The molecule has 2 nitrogen and oxygen atoms in total. The van der Waals surface area contributed by atoms with Crippen LogP contribution in [-0.2, 0) is 4.79 Å². The van der Waals surface area contributed by atoms with Crippen molar-refractivity contribution in [3.05, 3.63) is 29.8 Å². The molecular formula is C7H4O2. The molecule has 0 heterocycles. The Hall–Kier alpha value is -1.31. The van der Waals surface area contributed by atoms with Gasteiger partial charge in [-0.25, -0.2) is 0 Å². The molecule has 0 saturated carbocycles. The summed E-state index contributed by atoms with van der Waals surface area (Å²) in [4.78, 5) is 9.89. The Balaban J connectivity index is 3.07. The predicted octanol–water partition coefficient (Wildman–Crippen LogP) is 0.650. The Morgan fingerprint density at radius 3 is 2.78 bits per heavy atom. The van der Waals surface area contributed by atoms with Crippen molar-refractivity contribution in [2.75, 3.05) is 0 Å². The normalized spacial score (nSPS) is 8.89. The second-order valence-electron chi connectivity index (χ2n) is 1.55. The van der Waals surface area contributed by atoms with E-state index in [4.69, 9.17) is 5.11 Å². The van der Waals surface area contributed by atoms with Gasteiger partial charge < -0.3 is 5.11 Å². The van der Waals surface area contributed by atoms with Gasteiger partial charge in [-0.15, -0.1) is 0 Å². The highest BCUT2D eigenvalue weighted by Gasteiger charge is 1.90. The number of hydrogen-bond donors (Lipinski definition) is 1. The molecule has 0 fully saturated rings. The van der Waals surface area contributed by atoms with Crippen LogP contribution < -0.4 is 0 Å². The van der Waals surface area contributed by atoms with Gasteiger partial charge in [0.2, 0.25) is 6.29 Å². The van der Waals surface area contributed by atoms with E-state index >= 15 is 0 Å². The van der Waals surface area contributed by atoms with Crippen LogP contribution in [-0.4, -0.2) is 11.4 Å². The molecule has 1 aromatic rings. The molecule has 0 unspecified atom stereocenters. The molecule has 0 amide bonds. The maximum atomic E-state index is 9.89. The highest BCUT2D eigenvalue weighted by Crippen LogP contribution is 2.06. The highest BCUT2D eigenvalue weighted by atomic mass is 16.3. The van der Waals surface area contributed by atoms with Crippen molar-refractivity contribution in [3.63, 3.8) is 0 Å². The van der Waals surface area contributed by atoms with Gasteiger partial charge in [-0.2, -0.15) is 0 Å². The summed E-state index contributed by atoms with van der Waals surface area (Å²) in [5, 5.41) is 8.71. The van der Waals surface area contributed by atoms with E-state index in [0.29, 0.717) is 0 Å². The number of phenolic OH excluding ortho intramolecular Hbond substituents is 1. The molecule has 2 radical (unpaired) electrons. The summed E-state index contributed by atoms with van der Waals surface area (Å²) in [6.07, 6.45) is 1.60. The summed E-state index contributed by atoms with van der Waals surface area (Å²) in [6, 6.07) is 6.92. The number of benzene rings is 1. The molecule has 1 rings (SSSR count). The Kier molecular flexibility index (Phi) is 1.49. The lowest BCUT2D eigenvalue weighted by Gasteiger charge is -1.87. The van der Waals surface area contributed by atoms with Crippen molar-refractivity contribution >= 4 is 6.29 Å². The van der Waals surface area contributed by atoms with Crippen molar-refractivity contribution in [2.24, 2.45) is 0 Å². The van der Waals surface area contributed by atoms with Gasteiger partial charge in [0.05, 0.1) is 0 Å². The Bertz CT molecular complexity index is 218. The highest BCUT2D eigenvalue weighted by molar-refractivity contribution is 5.75. The molecule has 0 aliphatic carbocycles. The van der Waals surface area contributed by atoms with Crippen molar-refractivity contribution in [3.8, 4) is 5.75 Å². The molecule has 0 bridgehead atoms. The molecule has 0 aliphatic heterocycles. The summed E-state index contributed by atoms with van der Waals surface area (Å²) in [5.41, 5.74) is 0.245. The Morgan fingerprint density at radius 2 is 2.33 bits per heavy atom. The molecule has 0 aliphatic rings. The lowest BCUT2D eigenvalue weighted by atomic mass is 10.2. The fraction of sp³-hybridized carbons (Fsp3) is 0. The van der Waals surface area contributed by atoms with Crippen LogP contribution in [0.2, 0.25) is 0 Å². The summed E-state index contributed by atoms with van der Waals surface area (Å²) in [6.45, 7) is 0. The van der Waals surface area contributed by atoms with Crippen LogP contribution >= 0.6 is 0 Å². The average molecular weight is 120 g/mol. The minimum Gasteiger partial charge on any atom is -0.507 e. The Labute approximate surface area is 52.8 Å². The lowest BCUT2D eigenvalue weighted by Crippen LogP contribution is -1.77. The van der Waals surface area contributed by atoms with Crippen LogP contribution in [0.1, 0.15) is 5.56 Å². The first kappa shape index (κ1) is 5.82. The molecule has 44 valence electrons. The number of rotatable bonds is 1. The van der Waals surface area contributed by atoms with E-state index < -0.39 is 0 Å². The zero-order chi connectivity index (χ0) is 6.69. The van der Waals surface area contributed by atoms with Crippen LogP contribution in [0.5, 0.6) is 5.75 Å². The summed E-state index contributed by atoms with van der Waals surface area (Å²) in [7, 11) is 0. The molecule has 0 aromatic heterocycles. The van der Waals surface area contributed by atoms with E-state index in [9.17, 15) is 4.79 Å². The van der Waals surface area contributed by atoms with E-state index in [1.807, 2.05) is 0 Å². The second-order valence-corrected chi connectivity index (χ2v) is 1.55. The third-order valence-corrected chi connectivity index (χ3v) is 0.890. The van der Waals surface area contributed by atoms with Crippen LogP contribution in [0.25, 0.3) is 0 Å². The first-order valence-electron chi connectivity index (χ1n) is 2.42. The molecule has 0 spiro atoms. The SMILES string of the molecule is O=[C]c1[c]c(O)ccc1. The van der Waals surface area contributed by atoms with Gasteiger partial charge in [-0.3, -0.25) is 4.79 Å². The maximum absolute atomic E-state index is 9.89. The summed E-state index contributed by atoms with van der Waals surface area (Å²) < 4.78 is 0. The minimum atomic E-state index is -0.0316. The third kappa shape index (κ3) is 1.29. The van der Waals surface area contributed by atoms with Gasteiger partial charge in [0, 0.05) is 11.6 Å². The third-order valence-electron chi connectivity index (χ3n) is 0.890. The summed E-state index contributed by atoms with van der Waals surface area (Å²) in [5.74, 6) is -0.0316. The number of aromatic hydroxyl groups is 1. The van der Waals surface area contributed by atoms with Crippen molar-refractivity contribution in [1.82, 2.24) is 0 Å². The number of carbonyl (C=O) groups excluding carboxylic acids is 1. The fourth-order valence-electron chi connectivity index (χ4n) is 0.516. The van der Waals surface area contributed by atoms with E-state index in [1.54, 1.807) is 12.4 Å². The monoisotopic (exact) mass is 120 g/mol.